The van der Waals surface area contributed by atoms with Crippen molar-refractivity contribution in [1.82, 2.24) is 9.97 Å². The topological polar surface area (TPSA) is 25.8 Å². The number of benzene rings is 6. The quantitative estimate of drug-likeness (QED) is 0.180. The van der Waals surface area contributed by atoms with Gasteiger partial charge in [-0.1, -0.05) is 125 Å². The van der Waals surface area contributed by atoms with Gasteiger partial charge in [-0.25, -0.2) is 0 Å². The molecule has 0 spiro atoms. The van der Waals surface area contributed by atoms with E-state index in [0.29, 0.717) is 0 Å². The van der Waals surface area contributed by atoms with E-state index in [4.69, 9.17) is 4.98 Å². The summed E-state index contributed by atoms with van der Waals surface area (Å²) in [7, 11) is 0. The van der Waals surface area contributed by atoms with Crippen LogP contribution in [0.1, 0.15) is 49.9 Å². The van der Waals surface area contributed by atoms with E-state index in [2.05, 4.69) is 148 Å². The molecular weight excluding hydrogens is 605 g/mol. The highest BCUT2D eigenvalue weighted by atomic mass is 14.8. The number of nitrogens with zero attached hydrogens (tertiary/aromatic N) is 2. The molecule has 8 aromatic rings. The summed E-state index contributed by atoms with van der Waals surface area (Å²) in [4.78, 5) is 9.52. The summed E-state index contributed by atoms with van der Waals surface area (Å²) in [6.45, 7) is 9.49. The summed E-state index contributed by atoms with van der Waals surface area (Å²) < 4.78 is 0. The molecule has 0 amide bonds. The Hall–Kier alpha value is -5.86. The Bertz CT molecular complexity index is 2680. The van der Waals surface area contributed by atoms with Crippen molar-refractivity contribution in [1.29, 1.82) is 0 Å². The predicted octanol–water partition coefficient (Wildman–Crippen LogP) is 12.4. The van der Waals surface area contributed by atoms with Gasteiger partial charge in [-0.2, -0.15) is 0 Å². The molecule has 0 unspecified atom stereocenters. The SMILES string of the molecule is CC1(C)c2ccccc2-c2ccc(-c3c4ccccc4c(-c4ccc(-c5ccccn5)nc4)c4cc5c(cc34)C(C)(C)c3ccccc3-5)cc21. The Morgan fingerprint density at radius 2 is 0.920 bits per heavy atom. The van der Waals surface area contributed by atoms with E-state index in [1.54, 1.807) is 0 Å². The first-order valence-corrected chi connectivity index (χ1v) is 17.6. The van der Waals surface area contributed by atoms with Gasteiger partial charge in [0.05, 0.1) is 11.4 Å². The average molecular weight is 641 g/mol. The summed E-state index contributed by atoms with van der Waals surface area (Å²) in [6, 6.07) is 49.3. The zero-order valence-corrected chi connectivity index (χ0v) is 28.8. The smallest absolute Gasteiger partial charge is 0.0886 e. The van der Waals surface area contributed by atoms with Crippen LogP contribution < -0.4 is 0 Å². The molecule has 0 N–H and O–H groups in total. The van der Waals surface area contributed by atoms with Crippen LogP contribution in [0.3, 0.4) is 0 Å². The van der Waals surface area contributed by atoms with Crippen LogP contribution in [0, 0.1) is 0 Å². The fraction of sp³-hybridized carbons (Fsp3) is 0.125. The van der Waals surface area contributed by atoms with E-state index < -0.39 is 0 Å². The zero-order valence-electron chi connectivity index (χ0n) is 28.8. The minimum absolute atomic E-state index is 0.0839. The molecule has 6 aromatic carbocycles. The number of rotatable bonds is 3. The lowest BCUT2D eigenvalue weighted by Gasteiger charge is -2.25. The Labute approximate surface area is 293 Å². The lowest BCUT2D eigenvalue weighted by molar-refractivity contribution is 0.660. The normalized spacial score (nSPS) is 14.7. The number of aromatic nitrogens is 2. The molecule has 0 saturated carbocycles. The first kappa shape index (κ1) is 29.1. The van der Waals surface area contributed by atoms with Gasteiger partial charge >= 0.3 is 0 Å². The van der Waals surface area contributed by atoms with E-state index in [9.17, 15) is 0 Å². The Balaban J connectivity index is 1.30. The molecule has 2 aliphatic carbocycles. The van der Waals surface area contributed by atoms with Crippen molar-refractivity contribution in [2.45, 2.75) is 38.5 Å². The number of pyridine rings is 2. The minimum Gasteiger partial charge on any atom is -0.255 e. The third-order valence-electron chi connectivity index (χ3n) is 11.6. The molecule has 2 aliphatic rings. The van der Waals surface area contributed by atoms with Crippen molar-refractivity contribution in [3.05, 3.63) is 168 Å². The fourth-order valence-electron chi connectivity index (χ4n) is 9.06. The van der Waals surface area contributed by atoms with Crippen molar-refractivity contribution in [3.63, 3.8) is 0 Å². The van der Waals surface area contributed by atoms with Crippen molar-refractivity contribution in [2.24, 2.45) is 0 Å². The van der Waals surface area contributed by atoms with E-state index in [1.807, 2.05) is 30.6 Å². The van der Waals surface area contributed by atoms with Gasteiger partial charge in [-0.05, 0) is 119 Å². The molecule has 0 radical (unpaired) electrons. The summed E-state index contributed by atoms with van der Waals surface area (Å²) in [5.41, 5.74) is 17.3. The van der Waals surface area contributed by atoms with Gasteiger partial charge in [0.2, 0.25) is 0 Å². The van der Waals surface area contributed by atoms with E-state index >= 15 is 0 Å². The molecule has 0 bridgehead atoms. The van der Waals surface area contributed by atoms with Gasteiger partial charge in [0.1, 0.15) is 0 Å². The zero-order chi connectivity index (χ0) is 33.8. The summed E-state index contributed by atoms with van der Waals surface area (Å²) in [6.07, 6.45) is 3.86. The van der Waals surface area contributed by atoms with Crippen molar-refractivity contribution in [2.75, 3.05) is 0 Å². The standard InChI is InChI=1S/C48H36N2/c1-47(2)39-17-9-7-13-31(39)33-22-20-29(25-41(33)47)45-34-15-5-6-16-35(34)46(30-21-23-44(50-28-30)43-19-11-12-24-49-43)37-26-36-32-14-8-10-18-40(32)48(3,4)42(36)27-38(37)45/h5-28H,1-4H3. The highest BCUT2D eigenvalue weighted by Gasteiger charge is 2.37. The maximum atomic E-state index is 4.96. The summed E-state index contributed by atoms with van der Waals surface area (Å²) in [5.74, 6) is 0. The van der Waals surface area contributed by atoms with E-state index in [0.717, 1.165) is 17.0 Å². The molecule has 2 heterocycles. The van der Waals surface area contributed by atoms with Crippen LogP contribution in [0.2, 0.25) is 0 Å². The maximum absolute atomic E-state index is 4.96. The lowest BCUT2D eigenvalue weighted by Crippen LogP contribution is -2.15. The molecule has 238 valence electrons. The number of hydrogen-bond acceptors (Lipinski definition) is 2. The average Bonchev–Trinajstić information content (AvgIpc) is 3.52. The van der Waals surface area contributed by atoms with Crippen molar-refractivity contribution in [3.8, 4) is 55.9 Å². The predicted molar refractivity (Wildman–Crippen MR) is 208 cm³/mol. The van der Waals surface area contributed by atoms with Crippen LogP contribution in [0.25, 0.3) is 77.4 Å². The molecular formula is C48H36N2. The monoisotopic (exact) mass is 640 g/mol. The minimum atomic E-state index is -0.114. The second-order valence-corrected chi connectivity index (χ2v) is 15.0. The van der Waals surface area contributed by atoms with E-state index in [1.165, 1.54) is 82.7 Å². The van der Waals surface area contributed by atoms with Crippen LogP contribution in [-0.2, 0) is 10.8 Å². The van der Waals surface area contributed by atoms with E-state index in [-0.39, 0.29) is 10.8 Å². The van der Waals surface area contributed by atoms with Crippen LogP contribution in [0.4, 0.5) is 0 Å². The van der Waals surface area contributed by atoms with Crippen LogP contribution >= 0.6 is 0 Å². The van der Waals surface area contributed by atoms with Crippen LogP contribution in [0.5, 0.6) is 0 Å². The third kappa shape index (κ3) is 3.96. The van der Waals surface area contributed by atoms with Crippen molar-refractivity contribution >= 4 is 21.5 Å². The second-order valence-electron chi connectivity index (χ2n) is 15.0. The molecule has 0 aliphatic heterocycles. The van der Waals surface area contributed by atoms with Gasteiger partial charge < -0.3 is 0 Å². The highest BCUT2D eigenvalue weighted by Crippen LogP contribution is 2.54. The van der Waals surface area contributed by atoms with Gasteiger partial charge in [-0.15, -0.1) is 0 Å². The Morgan fingerprint density at radius 1 is 0.380 bits per heavy atom. The fourth-order valence-corrected chi connectivity index (χ4v) is 9.06. The summed E-state index contributed by atoms with van der Waals surface area (Å²) >= 11 is 0. The van der Waals surface area contributed by atoms with Crippen LogP contribution in [-0.4, -0.2) is 9.97 Å². The Kier molecular flexibility index (Phi) is 6.01. The summed E-state index contributed by atoms with van der Waals surface area (Å²) in [5, 5.41) is 5.02. The lowest BCUT2D eigenvalue weighted by atomic mass is 9.78. The number of fused-ring (bicyclic) bond motifs is 8. The molecule has 10 rings (SSSR count). The molecule has 0 saturated heterocycles. The third-order valence-corrected chi connectivity index (χ3v) is 11.6. The number of hydrogen-bond donors (Lipinski definition) is 0. The second kappa shape index (κ2) is 10.3. The molecule has 2 heteroatoms. The molecule has 0 atom stereocenters. The van der Waals surface area contributed by atoms with Gasteiger partial charge in [0.15, 0.2) is 0 Å². The van der Waals surface area contributed by atoms with Gasteiger partial charge in [0, 0.05) is 28.8 Å². The Morgan fingerprint density at radius 3 is 1.58 bits per heavy atom. The van der Waals surface area contributed by atoms with Crippen molar-refractivity contribution < 1.29 is 0 Å². The van der Waals surface area contributed by atoms with Crippen LogP contribution in [0.15, 0.2) is 146 Å². The molecule has 2 aromatic heterocycles. The van der Waals surface area contributed by atoms with Gasteiger partial charge in [0.25, 0.3) is 0 Å². The first-order valence-electron chi connectivity index (χ1n) is 17.6. The molecule has 2 nitrogen and oxygen atoms in total. The largest absolute Gasteiger partial charge is 0.255 e. The first-order chi connectivity index (χ1) is 24.3. The van der Waals surface area contributed by atoms with Gasteiger partial charge in [-0.3, -0.25) is 9.97 Å². The maximum Gasteiger partial charge on any atom is 0.0886 e. The molecule has 50 heavy (non-hydrogen) atoms. The highest BCUT2D eigenvalue weighted by molar-refractivity contribution is 6.22. The molecule has 0 fully saturated rings.